The third-order valence-corrected chi connectivity index (χ3v) is 3.96. The predicted molar refractivity (Wildman–Crippen MR) is 64.3 cm³/mol. The summed E-state index contributed by atoms with van der Waals surface area (Å²) in [5, 5.41) is 9.14. The largest absolute Gasteiger partial charge is 0.480 e. The van der Waals surface area contributed by atoms with Gasteiger partial charge in [0.1, 0.15) is 5.54 Å². The summed E-state index contributed by atoms with van der Waals surface area (Å²) in [6, 6.07) is -0.234. The zero-order valence-electron chi connectivity index (χ0n) is 11.0. The summed E-state index contributed by atoms with van der Waals surface area (Å²) in [6.07, 6.45) is 2.21. The summed E-state index contributed by atoms with van der Waals surface area (Å²) in [6.45, 7) is 4.19. The zero-order chi connectivity index (χ0) is 13.5. The van der Waals surface area contributed by atoms with Gasteiger partial charge in [-0.15, -0.1) is 0 Å². The normalized spacial score (nSPS) is 27.2. The van der Waals surface area contributed by atoms with Crippen molar-refractivity contribution in [3.63, 3.8) is 0 Å². The van der Waals surface area contributed by atoms with Crippen LogP contribution in [0.2, 0.25) is 0 Å². The SMILES string of the molecule is CN(C(=O)N1CC2CCC(C1)O2)C(C)(C)C(=O)O. The van der Waals surface area contributed by atoms with E-state index < -0.39 is 11.5 Å². The Morgan fingerprint density at radius 3 is 2.22 bits per heavy atom. The smallest absolute Gasteiger partial charge is 0.329 e. The number of hydrogen-bond acceptors (Lipinski definition) is 3. The van der Waals surface area contributed by atoms with Gasteiger partial charge in [0.15, 0.2) is 0 Å². The summed E-state index contributed by atoms with van der Waals surface area (Å²) in [5.41, 5.74) is -1.20. The van der Waals surface area contributed by atoms with E-state index in [0.717, 1.165) is 12.8 Å². The Kier molecular flexibility index (Phi) is 3.23. The molecule has 6 heteroatoms. The fourth-order valence-electron chi connectivity index (χ4n) is 2.37. The molecule has 0 aromatic rings. The molecule has 2 amide bonds. The maximum Gasteiger partial charge on any atom is 0.329 e. The highest BCUT2D eigenvalue weighted by Crippen LogP contribution is 2.27. The molecule has 2 aliphatic heterocycles. The van der Waals surface area contributed by atoms with Gasteiger partial charge >= 0.3 is 12.0 Å². The number of ether oxygens (including phenoxy) is 1. The minimum absolute atomic E-state index is 0.119. The van der Waals surface area contributed by atoms with Crippen LogP contribution in [0.5, 0.6) is 0 Å². The predicted octanol–water partition coefficient (Wildman–Crippen LogP) is 0.765. The molecule has 102 valence electrons. The molecule has 2 saturated heterocycles. The number of carboxylic acid groups (broad SMARTS) is 1. The van der Waals surface area contributed by atoms with Crippen LogP contribution in [0.25, 0.3) is 0 Å². The van der Waals surface area contributed by atoms with Gasteiger partial charge in [0, 0.05) is 20.1 Å². The number of rotatable bonds is 2. The highest BCUT2D eigenvalue weighted by Gasteiger charge is 2.41. The van der Waals surface area contributed by atoms with Crippen molar-refractivity contribution in [3.05, 3.63) is 0 Å². The Bertz CT molecular complexity index is 357. The van der Waals surface area contributed by atoms with E-state index in [2.05, 4.69) is 0 Å². The molecule has 6 nitrogen and oxygen atoms in total. The number of hydrogen-bond donors (Lipinski definition) is 1. The lowest BCUT2D eigenvalue weighted by atomic mass is 10.0. The third kappa shape index (κ3) is 2.16. The van der Waals surface area contributed by atoms with Gasteiger partial charge in [-0.2, -0.15) is 0 Å². The fraction of sp³-hybridized carbons (Fsp3) is 0.833. The van der Waals surface area contributed by atoms with Crippen LogP contribution in [0.1, 0.15) is 26.7 Å². The van der Waals surface area contributed by atoms with E-state index in [1.165, 1.54) is 25.8 Å². The number of carboxylic acids is 1. The van der Waals surface area contributed by atoms with Crippen LogP contribution in [-0.4, -0.2) is 64.8 Å². The second-order valence-electron chi connectivity index (χ2n) is 5.57. The first-order chi connectivity index (χ1) is 8.32. The Morgan fingerprint density at radius 1 is 1.28 bits per heavy atom. The molecule has 2 heterocycles. The minimum Gasteiger partial charge on any atom is -0.480 e. The van der Waals surface area contributed by atoms with Crippen LogP contribution in [0.4, 0.5) is 4.79 Å². The Hall–Kier alpha value is -1.30. The summed E-state index contributed by atoms with van der Waals surface area (Å²) in [4.78, 5) is 26.5. The van der Waals surface area contributed by atoms with Gasteiger partial charge in [0.2, 0.25) is 0 Å². The van der Waals surface area contributed by atoms with Gasteiger partial charge in [0.25, 0.3) is 0 Å². The zero-order valence-corrected chi connectivity index (χ0v) is 11.0. The molecule has 0 radical (unpaired) electrons. The summed E-state index contributed by atoms with van der Waals surface area (Å²) >= 11 is 0. The maximum atomic E-state index is 12.3. The molecule has 2 bridgehead atoms. The molecular formula is C12H20N2O4. The maximum absolute atomic E-state index is 12.3. The summed E-state index contributed by atoms with van der Waals surface area (Å²) in [5.74, 6) is -1.01. The molecule has 2 atom stereocenters. The van der Waals surface area contributed by atoms with Crippen LogP contribution < -0.4 is 0 Å². The van der Waals surface area contributed by atoms with E-state index >= 15 is 0 Å². The first-order valence-corrected chi connectivity index (χ1v) is 6.24. The number of morpholine rings is 1. The molecule has 0 aromatic heterocycles. The molecule has 0 aliphatic carbocycles. The minimum atomic E-state index is -1.20. The molecule has 2 unspecified atom stereocenters. The lowest BCUT2D eigenvalue weighted by Crippen LogP contribution is -2.58. The van der Waals surface area contributed by atoms with Crippen LogP contribution in [-0.2, 0) is 9.53 Å². The van der Waals surface area contributed by atoms with Crippen LogP contribution in [0.3, 0.4) is 0 Å². The molecule has 0 spiro atoms. The van der Waals surface area contributed by atoms with Gasteiger partial charge in [-0.25, -0.2) is 9.59 Å². The van der Waals surface area contributed by atoms with Crippen LogP contribution in [0, 0.1) is 0 Å². The Morgan fingerprint density at radius 2 is 1.78 bits per heavy atom. The van der Waals surface area contributed by atoms with Crippen molar-refractivity contribution < 1.29 is 19.4 Å². The standard InChI is InChI=1S/C12H20N2O4/c1-12(2,10(15)16)13(3)11(17)14-6-8-4-5-9(7-14)18-8/h8-9H,4-7H2,1-3H3,(H,15,16). The van der Waals surface area contributed by atoms with Gasteiger partial charge < -0.3 is 19.6 Å². The van der Waals surface area contributed by atoms with E-state index in [9.17, 15) is 9.59 Å². The second kappa shape index (κ2) is 4.42. The first-order valence-electron chi connectivity index (χ1n) is 6.24. The Balaban J connectivity index is 2.05. The molecule has 0 saturated carbocycles. The number of likely N-dealkylation sites (tertiary alicyclic amines) is 1. The lowest BCUT2D eigenvalue weighted by Gasteiger charge is -2.39. The number of urea groups is 1. The number of nitrogens with zero attached hydrogens (tertiary/aromatic N) is 2. The van der Waals surface area contributed by atoms with Gasteiger partial charge in [-0.1, -0.05) is 0 Å². The van der Waals surface area contributed by atoms with E-state index in [0.29, 0.717) is 13.1 Å². The number of carbonyl (C=O) groups excluding carboxylic acids is 1. The van der Waals surface area contributed by atoms with Gasteiger partial charge in [-0.3, -0.25) is 0 Å². The van der Waals surface area contributed by atoms with Crippen molar-refractivity contribution in [1.82, 2.24) is 9.80 Å². The van der Waals surface area contributed by atoms with Crippen LogP contribution in [0.15, 0.2) is 0 Å². The van der Waals surface area contributed by atoms with Crippen molar-refractivity contribution >= 4 is 12.0 Å². The summed E-state index contributed by atoms with van der Waals surface area (Å²) in [7, 11) is 1.54. The topological polar surface area (TPSA) is 70.1 Å². The number of carbonyl (C=O) groups is 2. The number of fused-ring (bicyclic) bond motifs is 2. The van der Waals surface area contributed by atoms with Crippen molar-refractivity contribution in [2.45, 2.75) is 44.4 Å². The third-order valence-electron chi connectivity index (χ3n) is 3.96. The Labute approximate surface area is 106 Å². The van der Waals surface area contributed by atoms with Crippen molar-refractivity contribution in [3.8, 4) is 0 Å². The highest BCUT2D eigenvalue weighted by molar-refractivity contribution is 5.85. The number of amides is 2. The number of aliphatic carboxylic acids is 1. The molecule has 2 fully saturated rings. The molecule has 0 aromatic carbocycles. The van der Waals surface area contributed by atoms with Crippen molar-refractivity contribution in [2.24, 2.45) is 0 Å². The van der Waals surface area contributed by atoms with Crippen molar-refractivity contribution in [1.29, 1.82) is 0 Å². The average molecular weight is 256 g/mol. The first kappa shape index (κ1) is 13.1. The van der Waals surface area contributed by atoms with E-state index in [-0.39, 0.29) is 18.2 Å². The van der Waals surface area contributed by atoms with Crippen LogP contribution >= 0.6 is 0 Å². The second-order valence-corrected chi connectivity index (χ2v) is 5.57. The van der Waals surface area contributed by atoms with Gasteiger partial charge in [0.05, 0.1) is 12.2 Å². The quantitative estimate of drug-likeness (QED) is 0.792. The van der Waals surface area contributed by atoms with E-state index in [1.807, 2.05) is 0 Å². The fourth-order valence-corrected chi connectivity index (χ4v) is 2.37. The molecular weight excluding hydrogens is 236 g/mol. The van der Waals surface area contributed by atoms with E-state index in [4.69, 9.17) is 9.84 Å². The van der Waals surface area contributed by atoms with Gasteiger partial charge in [-0.05, 0) is 26.7 Å². The monoisotopic (exact) mass is 256 g/mol. The van der Waals surface area contributed by atoms with Crippen molar-refractivity contribution in [2.75, 3.05) is 20.1 Å². The highest BCUT2D eigenvalue weighted by atomic mass is 16.5. The lowest BCUT2D eigenvalue weighted by molar-refractivity contribution is -0.147. The molecule has 2 aliphatic rings. The summed E-state index contributed by atoms with van der Waals surface area (Å²) < 4.78 is 5.66. The molecule has 1 N–H and O–H groups in total. The molecule has 18 heavy (non-hydrogen) atoms. The van der Waals surface area contributed by atoms with E-state index in [1.54, 1.807) is 4.90 Å². The average Bonchev–Trinajstić information content (AvgIpc) is 2.66. The molecule has 2 rings (SSSR count). The number of likely N-dealkylation sites (N-methyl/N-ethyl adjacent to an activating group) is 1.